The third-order valence-corrected chi connectivity index (χ3v) is 5.55. The first-order valence-electron chi connectivity index (χ1n) is 6.55. The highest BCUT2D eigenvalue weighted by molar-refractivity contribution is 14.1. The van der Waals surface area contributed by atoms with Crippen molar-refractivity contribution < 1.29 is 9.13 Å². The van der Waals surface area contributed by atoms with Crippen molar-refractivity contribution in [1.29, 1.82) is 0 Å². The van der Waals surface area contributed by atoms with E-state index in [1.54, 1.807) is 6.07 Å². The molecule has 0 aliphatic heterocycles. The summed E-state index contributed by atoms with van der Waals surface area (Å²) < 4.78 is 20.0. The van der Waals surface area contributed by atoms with Gasteiger partial charge in [0.2, 0.25) is 0 Å². The fourth-order valence-electron chi connectivity index (χ4n) is 2.63. The Morgan fingerprint density at radius 1 is 1.40 bits per heavy atom. The van der Waals surface area contributed by atoms with Crippen molar-refractivity contribution in [3.63, 3.8) is 0 Å². The molecule has 1 aliphatic rings. The molecule has 1 aliphatic carbocycles. The molecular weight excluding hydrogens is 388 g/mol. The van der Waals surface area contributed by atoms with Gasteiger partial charge in [0, 0.05) is 16.6 Å². The van der Waals surface area contributed by atoms with Gasteiger partial charge in [0.1, 0.15) is 0 Å². The quantitative estimate of drug-likeness (QED) is 0.730. The number of anilines is 1. The molecule has 20 heavy (non-hydrogen) atoms. The molecular formula is C15H15FINOS. The maximum Gasteiger partial charge on any atom is 0.167 e. The molecule has 0 spiro atoms. The van der Waals surface area contributed by atoms with Crippen molar-refractivity contribution >= 4 is 39.6 Å². The van der Waals surface area contributed by atoms with Crippen molar-refractivity contribution in [3.05, 3.63) is 43.4 Å². The van der Waals surface area contributed by atoms with Gasteiger partial charge in [-0.3, -0.25) is 0 Å². The lowest BCUT2D eigenvalue weighted by molar-refractivity contribution is 0.386. The lowest BCUT2D eigenvalue weighted by Crippen LogP contribution is -2.15. The highest BCUT2D eigenvalue weighted by Gasteiger charge is 2.22. The summed E-state index contributed by atoms with van der Waals surface area (Å²) in [4.78, 5) is 1.46. The molecule has 1 atom stereocenters. The average molecular weight is 403 g/mol. The van der Waals surface area contributed by atoms with E-state index in [0.29, 0.717) is 0 Å². The van der Waals surface area contributed by atoms with Gasteiger partial charge in [-0.2, -0.15) is 0 Å². The molecule has 0 saturated carbocycles. The van der Waals surface area contributed by atoms with Crippen LogP contribution in [0.2, 0.25) is 0 Å². The summed E-state index contributed by atoms with van der Waals surface area (Å²) in [6, 6.07) is 7.57. The number of hydrogen-bond donors (Lipinski definition) is 1. The summed E-state index contributed by atoms with van der Waals surface area (Å²) in [6.45, 7) is 0. The fraction of sp³-hybridized carbons (Fsp3) is 0.333. The first-order chi connectivity index (χ1) is 9.67. The predicted molar refractivity (Wildman–Crippen MR) is 89.3 cm³/mol. The molecule has 1 aromatic heterocycles. The van der Waals surface area contributed by atoms with Crippen LogP contribution in [-0.2, 0) is 6.42 Å². The van der Waals surface area contributed by atoms with E-state index in [1.807, 2.05) is 17.4 Å². The van der Waals surface area contributed by atoms with Crippen molar-refractivity contribution in [2.24, 2.45) is 0 Å². The third kappa shape index (κ3) is 2.79. The van der Waals surface area contributed by atoms with Crippen molar-refractivity contribution in [3.8, 4) is 5.75 Å². The number of hydrogen-bond acceptors (Lipinski definition) is 3. The van der Waals surface area contributed by atoms with Gasteiger partial charge < -0.3 is 10.1 Å². The zero-order valence-corrected chi connectivity index (χ0v) is 14.1. The van der Waals surface area contributed by atoms with Crippen LogP contribution in [0.4, 0.5) is 10.1 Å². The van der Waals surface area contributed by atoms with E-state index in [2.05, 4.69) is 34.0 Å². The van der Waals surface area contributed by atoms with Crippen LogP contribution in [0.25, 0.3) is 0 Å². The molecule has 5 heteroatoms. The van der Waals surface area contributed by atoms with Crippen LogP contribution in [-0.4, -0.2) is 7.11 Å². The van der Waals surface area contributed by atoms with Gasteiger partial charge in [0.05, 0.1) is 16.0 Å². The standard InChI is InChI=1S/C15H15FINOS/c1-19-13-6-5-9(7-11(13)16)18-12-3-2-4-14-10(12)8-15(17)20-14/h5-8,12,18H,2-4H2,1H3. The molecule has 2 aromatic rings. The number of fused-ring (bicyclic) bond motifs is 1. The minimum atomic E-state index is -0.326. The van der Waals surface area contributed by atoms with Crippen molar-refractivity contribution in [1.82, 2.24) is 0 Å². The topological polar surface area (TPSA) is 21.3 Å². The zero-order valence-electron chi connectivity index (χ0n) is 11.1. The van der Waals surface area contributed by atoms with Crippen LogP contribution >= 0.6 is 33.9 Å². The number of nitrogens with one attached hydrogen (secondary N) is 1. The first-order valence-corrected chi connectivity index (χ1v) is 8.45. The van der Waals surface area contributed by atoms with Gasteiger partial charge in [0.15, 0.2) is 11.6 Å². The maximum absolute atomic E-state index is 13.7. The SMILES string of the molecule is COc1ccc(NC2CCCc3sc(I)cc32)cc1F. The number of ether oxygens (including phenoxy) is 1. The molecule has 1 N–H and O–H groups in total. The Morgan fingerprint density at radius 3 is 3.00 bits per heavy atom. The molecule has 0 radical (unpaired) electrons. The maximum atomic E-state index is 13.7. The fourth-order valence-corrected chi connectivity index (χ4v) is 4.75. The Labute approximate surface area is 135 Å². The minimum absolute atomic E-state index is 0.282. The summed E-state index contributed by atoms with van der Waals surface area (Å²) in [5.74, 6) is -0.0432. The van der Waals surface area contributed by atoms with Gasteiger partial charge in [-0.1, -0.05) is 0 Å². The van der Waals surface area contributed by atoms with Crippen molar-refractivity contribution in [2.45, 2.75) is 25.3 Å². The van der Waals surface area contributed by atoms with Gasteiger partial charge in [-0.05, 0) is 65.6 Å². The van der Waals surface area contributed by atoms with Crippen LogP contribution in [0.15, 0.2) is 24.3 Å². The van der Waals surface area contributed by atoms with E-state index in [9.17, 15) is 4.39 Å². The normalized spacial score (nSPS) is 17.6. The second kappa shape index (κ2) is 5.89. The molecule has 1 heterocycles. The Hall–Kier alpha value is -0.820. The molecule has 3 rings (SSSR count). The van der Waals surface area contributed by atoms with Crippen LogP contribution in [0.5, 0.6) is 5.75 Å². The lowest BCUT2D eigenvalue weighted by Gasteiger charge is -2.24. The number of thiophene rings is 1. The highest BCUT2D eigenvalue weighted by Crippen LogP contribution is 2.38. The predicted octanol–water partition coefficient (Wildman–Crippen LogP) is 4.99. The molecule has 0 fully saturated rings. The van der Waals surface area contributed by atoms with Crippen LogP contribution in [0.1, 0.15) is 29.3 Å². The number of aryl methyl sites for hydroxylation is 1. The summed E-state index contributed by atoms with van der Waals surface area (Å²) >= 11 is 4.24. The molecule has 106 valence electrons. The first kappa shape index (κ1) is 14.1. The third-order valence-electron chi connectivity index (χ3n) is 3.58. The number of methoxy groups -OCH3 is 1. The second-order valence-electron chi connectivity index (χ2n) is 4.87. The summed E-state index contributed by atoms with van der Waals surface area (Å²) in [5, 5.41) is 3.45. The van der Waals surface area contributed by atoms with Gasteiger partial charge in [0.25, 0.3) is 0 Å². The molecule has 0 bridgehead atoms. The smallest absolute Gasteiger partial charge is 0.167 e. The van der Waals surface area contributed by atoms with Gasteiger partial charge in [-0.25, -0.2) is 4.39 Å². The zero-order chi connectivity index (χ0) is 14.1. The lowest BCUT2D eigenvalue weighted by atomic mass is 9.94. The van der Waals surface area contributed by atoms with Crippen molar-refractivity contribution in [2.75, 3.05) is 12.4 Å². The van der Waals surface area contributed by atoms with E-state index in [0.717, 1.165) is 18.5 Å². The number of benzene rings is 1. The van der Waals surface area contributed by atoms with Crippen LogP contribution in [0.3, 0.4) is 0 Å². The Morgan fingerprint density at radius 2 is 2.25 bits per heavy atom. The van der Waals surface area contributed by atoms with E-state index in [1.165, 1.54) is 32.9 Å². The Kier molecular flexibility index (Phi) is 4.16. The second-order valence-corrected chi connectivity index (χ2v) is 7.90. The van der Waals surface area contributed by atoms with E-state index >= 15 is 0 Å². The largest absolute Gasteiger partial charge is 0.494 e. The molecule has 0 amide bonds. The van der Waals surface area contributed by atoms with Gasteiger partial charge >= 0.3 is 0 Å². The molecule has 0 saturated heterocycles. The van der Waals surface area contributed by atoms with E-state index < -0.39 is 0 Å². The Balaban J connectivity index is 1.83. The summed E-state index contributed by atoms with van der Waals surface area (Å²) in [5.41, 5.74) is 2.18. The minimum Gasteiger partial charge on any atom is -0.494 e. The number of rotatable bonds is 3. The van der Waals surface area contributed by atoms with E-state index in [4.69, 9.17) is 4.74 Å². The summed E-state index contributed by atoms with van der Waals surface area (Å²) in [7, 11) is 1.48. The average Bonchev–Trinajstić information content (AvgIpc) is 2.80. The molecule has 2 nitrogen and oxygen atoms in total. The monoisotopic (exact) mass is 403 g/mol. The van der Waals surface area contributed by atoms with Crippen LogP contribution in [0, 0.1) is 8.70 Å². The summed E-state index contributed by atoms with van der Waals surface area (Å²) in [6.07, 6.45) is 3.44. The van der Waals surface area contributed by atoms with Gasteiger partial charge in [-0.15, -0.1) is 11.3 Å². The number of halogens is 2. The van der Waals surface area contributed by atoms with Crippen LogP contribution < -0.4 is 10.1 Å². The molecule has 1 unspecified atom stereocenters. The Bertz CT molecular complexity index is 628. The highest BCUT2D eigenvalue weighted by atomic mass is 127. The van der Waals surface area contributed by atoms with E-state index in [-0.39, 0.29) is 17.6 Å². The molecule has 1 aromatic carbocycles.